The molecule has 1 unspecified atom stereocenters. The van der Waals surface area contributed by atoms with E-state index in [1.807, 2.05) is 12.3 Å². The third-order valence-corrected chi connectivity index (χ3v) is 3.06. The van der Waals surface area contributed by atoms with Crippen LogP contribution in [0.2, 0.25) is 0 Å². The molecule has 0 saturated heterocycles. The van der Waals surface area contributed by atoms with Crippen LogP contribution in [0, 0.1) is 0 Å². The minimum atomic E-state index is 0.454. The molecule has 0 amide bonds. The van der Waals surface area contributed by atoms with Crippen LogP contribution in [0.15, 0.2) is 42.6 Å². The van der Waals surface area contributed by atoms with E-state index in [-0.39, 0.29) is 0 Å². The zero-order valence-electron chi connectivity index (χ0n) is 10.5. The van der Waals surface area contributed by atoms with Crippen LogP contribution < -0.4 is 5.32 Å². The average molecular weight is 228 g/mol. The summed E-state index contributed by atoms with van der Waals surface area (Å²) in [5.74, 6) is 0. The van der Waals surface area contributed by atoms with Crippen molar-refractivity contribution < 1.29 is 0 Å². The van der Waals surface area contributed by atoms with Gasteiger partial charge in [0.2, 0.25) is 0 Å². The normalized spacial score (nSPS) is 12.6. The van der Waals surface area contributed by atoms with Crippen LogP contribution in [0.5, 0.6) is 0 Å². The first kappa shape index (κ1) is 11.9. The molecule has 17 heavy (non-hydrogen) atoms. The smallest absolute Gasteiger partial charge is 0.0453 e. The van der Waals surface area contributed by atoms with E-state index in [1.165, 1.54) is 16.8 Å². The first-order valence-electron chi connectivity index (χ1n) is 6.32. The van der Waals surface area contributed by atoms with Crippen molar-refractivity contribution in [3.63, 3.8) is 0 Å². The van der Waals surface area contributed by atoms with Gasteiger partial charge in [0.15, 0.2) is 0 Å². The lowest BCUT2D eigenvalue weighted by atomic mass is 10.0. The van der Waals surface area contributed by atoms with Gasteiger partial charge in [-0.3, -0.25) is 0 Å². The Morgan fingerprint density at radius 2 is 2.06 bits per heavy atom. The van der Waals surface area contributed by atoms with Gasteiger partial charge in [0.05, 0.1) is 0 Å². The highest BCUT2D eigenvalue weighted by molar-refractivity contribution is 5.60. The molecule has 90 valence electrons. The molecule has 1 aromatic carbocycles. The number of hydrogen-bond donors (Lipinski definition) is 2. The van der Waals surface area contributed by atoms with E-state index < -0.39 is 0 Å². The summed E-state index contributed by atoms with van der Waals surface area (Å²) in [4.78, 5) is 3.25. The largest absolute Gasteiger partial charge is 0.361 e. The molecular formula is C15H20N2. The Balaban J connectivity index is 2.27. The van der Waals surface area contributed by atoms with Crippen molar-refractivity contribution in [1.82, 2.24) is 10.3 Å². The summed E-state index contributed by atoms with van der Waals surface area (Å²) >= 11 is 0. The maximum Gasteiger partial charge on any atom is 0.0453 e. The van der Waals surface area contributed by atoms with Gasteiger partial charge in [-0.05, 0) is 42.3 Å². The van der Waals surface area contributed by atoms with Crippen molar-refractivity contribution in [2.75, 3.05) is 6.54 Å². The van der Waals surface area contributed by atoms with E-state index in [0.29, 0.717) is 6.04 Å². The molecule has 1 atom stereocenters. The summed E-state index contributed by atoms with van der Waals surface area (Å²) in [6, 6.07) is 13.3. The van der Waals surface area contributed by atoms with Crippen LogP contribution in [-0.2, 0) is 0 Å². The third-order valence-electron chi connectivity index (χ3n) is 3.06. The van der Waals surface area contributed by atoms with Gasteiger partial charge in [-0.2, -0.15) is 0 Å². The monoisotopic (exact) mass is 228 g/mol. The average Bonchev–Trinajstić information content (AvgIpc) is 2.90. The molecule has 2 N–H and O–H groups in total. The number of aromatic nitrogens is 1. The molecule has 2 heteroatoms. The molecule has 1 heterocycles. The third kappa shape index (κ3) is 2.77. The molecule has 0 bridgehead atoms. The molecule has 0 aliphatic rings. The molecular weight excluding hydrogens is 208 g/mol. The van der Waals surface area contributed by atoms with Gasteiger partial charge in [0, 0.05) is 17.9 Å². The molecule has 0 fully saturated rings. The summed E-state index contributed by atoms with van der Waals surface area (Å²) in [7, 11) is 0. The lowest BCUT2D eigenvalue weighted by molar-refractivity contribution is 0.537. The molecule has 1 aromatic heterocycles. The Bertz CT molecular complexity index is 446. The topological polar surface area (TPSA) is 27.8 Å². The maximum atomic E-state index is 3.51. The van der Waals surface area contributed by atoms with Crippen LogP contribution in [0.3, 0.4) is 0 Å². The Morgan fingerprint density at radius 1 is 1.18 bits per heavy atom. The van der Waals surface area contributed by atoms with Crippen LogP contribution in [0.25, 0.3) is 11.3 Å². The highest BCUT2D eigenvalue weighted by Gasteiger charge is 2.08. The maximum absolute atomic E-state index is 3.51. The zero-order chi connectivity index (χ0) is 12.1. The van der Waals surface area contributed by atoms with Gasteiger partial charge < -0.3 is 10.3 Å². The van der Waals surface area contributed by atoms with E-state index in [2.05, 4.69) is 54.5 Å². The second kappa shape index (κ2) is 5.69. The Kier molecular flexibility index (Phi) is 3.99. The van der Waals surface area contributed by atoms with E-state index in [1.54, 1.807) is 0 Å². The highest BCUT2D eigenvalue weighted by atomic mass is 14.9. The van der Waals surface area contributed by atoms with Crippen molar-refractivity contribution >= 4 is 0 Å². The van der Waals surface area contributed by atoms with Crippen molar-refractivity contribution in [2.24, 2.45) is 0 Å². The minimum absolute atomic E-state index is 0.454. The number of rotatable bonds is 5. The van der Waals surface area contributed by atoms with Crippen molar-refractivity contribution in [2.45, 2.75) is 26.3 Å². The number of aromatic amines is 1. The molecule has 2 nitrogen and oxygen atoms in total. The van der Waals surface area contributed by atoms with E-state index in [4.69, 9.17) is 0 Å². The number of benzene rings is 1. The van der Waals surface area contributed by atoms with Gasteiger partial charge in [0.1, 0.15) is 0 Å². The molecule has 0 radical (unpaired) electrons. The van der Waals surface area contributed by atoms with Gasteiger partial charge in [-0.1, -0.05) is 32.0 Å². The summed E-state index contributed by atoms with van der Waals surface area (Å²) < 4.78 is 0. The number of H-pyrrole nitrogens is 1. The quantitative estimate of drug-likeness (QED) is 0.801. The van der Waals surface area contributed by atoms with Gasteiger partial charge in [-0.25, -0.2) is 0 Å². The van der Waals surface area contributed by atoms with Crippen LogP contribution in [-0.4, -0.2) is 11.5 Å². The standard InChI is InChI=1S/C15H20N2/c1-3-14(16-4-2)12-7-5-8-13(11-12)15-9-6-10-17-15/h5-11,14,16-17H,3-4H2,1-2H3. The SMILES string of the molecule is CCNC(CC)c1cccc(-c2ccc[nH]2)c1. The second-order valence-electron chi connectivity index (χ2n) is 4.23. The Morgan fingerprint density at radius 3 is 2.71 bits per heavy atom. The summed E-state index contributed by atoms with van der Waals surface area (Å²) in [5, 5.41) is 3.51. The minimum Gasteiger partial charge on any atom is -0.361 e. The van der Waals surface area contributed by atoms with Crippen molar-refractivity contribution in [3.05, 3.63) is 48.2 Å². The van der Waals surface area contributed by atoms with E-state index in [9.17, 15) is 0 Å². The van der Waals surface area contributed by atoms with Gasteiger partial charge in [0.25, 0.3) is 0 Å². The zero-order valence-corrected chi connectivity index (χ0v) is 10.5. The van der Waals surface area contributed by atoms with E-state index in [0.717, 1.165) is 13.0 Å². The lowest BCUT2D eigenvalue weighted by Gasteiger charge is -2.16. The molecule has 2 rings (SSSR count). The van der Waals surface area contributed by atoms with Crippen LogP contribution >= 0.6 is 0 Å². The Labute approximate surface area is 103 Å². The first-order chi connectivity index (χ1) is 8.35. The lowest BCUT2D eigenvalue weighted by Crippen LogP contribution is -2.19. The fraction of sp³-hybridized carbons (Fsp3) is 0.333. The number of hydrogen-bond acceptors (Lipinski definition) is 1. The van der Waals surface area contributed by atoms with Crippen molar-refractivity contribution in [3.8, 4) is 11.3 Å². The first-order valence-corrected chi connectivity index (χ1v) is 6.32. The summed E-state index contributed by atoms with van der Waals surface area (Å²) in [5.41, 5.74) is 3.79. The molecule has 0 aliphatic heterocycles. The van der Waals surface area contributed by atoms with Gasteiger partial charge >= 0.3 is 0 Å². The van der Waals surface area contributed by atoms with E-state index >= 15 is 0 Å². The fourth-order valence-corrected chi connectivity index (χ4v) is 2.18. The molecule has 0 spiro atoms. The van der Waals surface area contributed by atoms with Gasteiger partial charge in [-0.15, -0.1) is 0 Å². The molecule has 2 aromatic rings. The van der Waals surface area contributed by atoms with Crippen LogP contribution in [0.1, 0.15) is 31.9 Å². The molecule has 0 aliphatic carbocycles. The second-order valence-corrected chi connectivity index (χ2v) is 4.23. The summed E-state index contributed by atoms with van der Waals surface area (Å²) in [6.45, 7) is 5.37. The highest BCUT2D eigenvalue weighted by Crippen LogP contribution is 2.23. The van der Waals surface area contributed by atoms with Crippen molar-refractivity contribution in [1.29, 1.82) is 0 Å². The van der Waals surface area contributed by atoms with Crippen LogP contribution in [0.4, 0.5) is 0 Å². The summed E-state index contributed by atoms with van der Waals surface area (Å²) in [6.07, 6.45) is 3.08. The number of nitrogens with one attached hydrogen (secondary N) is 2. The fourth-order valence-electron chi connectivity index (χ4n) is 2.18. The predicted molar refractivity (Wildman–Crippen MR) is 72.9 cm³/mol. The molecule has 0 saturated carbocycles. The predicted octanol–water partition coefficient (Wildman–Crippen LogP) is 3.74. The Hall–Kier alpha value is -1.54.